The summed E-state index contributed by atoms with van der Waals surface area (Å²) < 4.78 is 27.8. The van der Waals surface area contributed by atoms with E-state index in [4.69, 9.17) is 5.11 Å². The highest BCUT2D eigenvalue weighted by Gasteiger charge is 2.29. The molecule has 1 aliphatic heterocycles. The number of carboxylic acid groups (broad SMARTS) is 1. The van der Waals surface area contributed by atoms with Gasteiger partial charge in [-0.2, -0.15) is 4.72 Å². The third kappa shape index (κ3) is 2.83. The molecule has 1 unspecified atom stereocenters. The van der Waals surface area contributed by atoms with Crippen molar-refractivity contribution in [1.82, 2.24) is 14.6 Å². The van der Waals surface area contributed by atoms with Gasteiger partial charge >= 0.3 is 5.97 Å². The quantitative estimate of drug-likeness (QED) is 0.678. The number of amides is 1. The van der Waals surface area contributed by atoms with Crippen LogP contribution in [0.4, 0.5) is 0 Å². The van der Waals surface area contributed by atoms with Gasteiger partial charge < -0.3 is 15.0 Å². The van der Waals surface area contributed by atoms with Crippen LogP contribution in [-0.4, -0.2) is 42.6 Å². The van der Waals surface area contributed by atoms with E-state index in [9.17, 15) is 18.0 Å². The zero-order valence-electron chi connectivity index (χ0n) is 10.8. The van der Waals surface area contributed by atoms with E-state index in [-0.39, 0.29) is 16.5 Å². The molecule has 8 nitrogen and oxygen atoms in total. The van der Waals surface area contributed by atoms with Crippen LogP contribution in [0, 0.1) is 0 Å². The van der Waals surface area contributed by atoms with Crippen LogP contribution in [0.3, 0.4) is 0 Å². The van der Waals surface area contributed by atoms with Crippen LogP contribution in [0.15, 0.2) is 17.2 Å². The number of aryl methyl sites for hydroxylation is 1. The molecule has 9 heteroatoms. The Balaban J connectivity index is 2.24. The molecule has 110 valence electrons. The third-order valence-corrected chi connectivity index (χ3v) is 4.53. The predicted octanol–water partition coefficient (Wildman–Crippen LogP) is -0.720. The molecule has 2 rings (SSSR count). The Morgan fingerprint density at radius 3 is 2.80 bits per heavy atom. The summed E-state index contributed by atoms with van der Waals surface area (Å²) in [5.41, 5.74) is -0.140. The van der Waals surface area contributed by atoms with E-state index in [1.165, 1.54) is 17.8 Å². The summed E-state index contributed by atoms with van der Waals surface area (Å²) in [5.74, 6) is -1.58. The van der Waals surface area contributed by atoms with E-state index in [2.05, 4.69) is 10.0 Å². The lowest BCUT2D eigenvalue weighted by Gasteiger charge is -2.22. The number of carboxylic acids is 1. The Hall–Kier alpha value is -1.87. The smallest absolute Gasteiger partial charge is 0.352 e. The second-order valence-electron chi connectivity index (χ2n) is 4.58. The number of aromatic nitrogens is 1. The topological polar surface area (TPSA) is 118 Å². The van der Waals surface area contributed by atoms with E-state index < -0.39 is 22.0 Å². The fourth-order valence-electron chi connectivity index (χ4n) is 2.03. The zero-order valence-corrected chi connectivity index (χ0v) is 11.6. The monoisotopic (exact) mass is 301 g/mol. The zero-order chi connectivity index (χ0) is 14.9. The number of carbonyl (C=O) groups is 2. The molecular formula is C11H15N3O5S. The summed E-state index contributed by atoms with van der Waals surface area (Å²) in [7, 11) is -2.48. The number of rotatable bonds is 4. The van der Waals surface area contributed by atoms with Gasteiger partial charge in [0.25, 0.3) is 0 Å². The first kappa shape index (κ1) is 14.5. The Morgan fingerprint density at radius 1 is 1.55 bits per heavy atom. The molecular weight excluding hydrogens is 286 g/mol. The SMILES string of the molecule is Cn1cc(S(=O)(=O)NC2CCCNC2=O)cc1C(=O)O. The fraction of sp³-hybridized carbons (Fsp3) is 0.455. The van der Waals surface area contributed by atoms with Crippen molar-refractivity contribution in [3.8, 4) is 0 Å². The highest BCUT2D eigenvalue weighted by atomic mass is 32.2. The largest absolute Gasteiger partial charge is 0.477 e. The molecule has 0 spiro atoms. The van der Waals surface area contributed by atoms with E-state index >= 15 is 0 Å². The molecule has 1 aromatic heterocycles. The molecule has 20 heavy (non-hydrogen) atoms. The molecule has 0 aliphatic carbocycles. The van der Waals surface area contributed by atoms with Crippen molar-refractivity contribution >= 4 is 21.9 Å². The second kappa shape index (κ2) is 5.25. The Labute approximate surface area is 115 Å². The van der Waals surface area contributed by atoms with Crippen molar-refractivity contribution < 1.29 is 23.1 Å². The number of hydrogen-bond donors (Lipinski definition) is 3. The predicted molar refractivity (Wildman–Crippen MR) is 68.7 cm³/mol. The first-order valence-electron chi connectivity index (χ1n) is 6.01. The van der Waals surface area contributed by atoms with E-state index in [1.807, 2.05) is 0 Å². The van der Waals surface area contributed by atoms with Crippen molar-refractivity contribution in [1.29, 1.82) is 0 Å². The van der Waals surface area contributed by atoms with Gasteiger partial charge in [-0.1, -0.05) is 0 Å². The average molecular weight is 301 g/mol. The molecule has 0 bridgehead atoms. The second-order valence-corrected chi connectivity index (χ2v) is 6.30. The van der Waals surface area contributed by atoms with Gasteiger partial charge in [0.1, 0.15) is 16.6 Å². The lowest BCUT2D eigenvalue weighted by atomic mass is 10.1. The Kier molecular flexibility index (Phi) is 3.82. The summed E-state index contributed by atoms with van der Waals surface area (Å²) >= 11 is 0. The average Bonchev–Trinajstić information content (AvgIpc) is 2.75. The van der Waals surface area contributed by atoms with Crippen LogP contribution in [0.5, 0.6) is 0 Å². The van der Waals surface area contributed by atoms with Crippen molar-refractivity contribution in [2.75, 3.05) is 6.54 Å². The first-order valence-corrected chi connectivity index (χ1v) is 7.49. The lowest BCUT2D eigenvalue weighted by Crippen LogP contribution is -2.50. The Bertz CT molecular complexity index is 649. The maximum absolute atomic E-state index is 12.1. The van der Waals surface area contributed by atoms with Gasteiger partial charge in [0, 0.05) is 19.8 Å². The van der Waals surface area contributed by atoms with Gasteiger partial charge in [-0.25, -0.2) is 13.2 Å². The maximum atomic E-state index is 12.1. The lowest BCUT2D eigenvalue weighted by molar-refractivity contribution is -0.124. The van der Waals surface area contributed by atoms with Gasteiger partial charge in [0.2, 0.25) is 15.9 Å². The summed E-state index contributed by atoms with van der Waals surface area (Å²) in [6.07, 6.45) is 2.31. The fourth-order valence-corrected chi connectivity index (χ4v) is 3.33. The summed E-state index contributed by atoms with van der Waals surface area (Å²) in [5, 5.41) is 11.5. The van der Waals surface area contributed by atoms with Crippen LogP contribution in [0.25, 0.3) is 0 Å². The van der Waals surface area contributed by atoms with E-state index in [0.717, 1.165) is 6.07 Å². The van der Waals surface area contributed by atoms with Crippen LogP contribution >= 0.6 is 0 Å². The number of nitrogens with zero attached hydrogens (tertiary/aromatic N) is 1. The van der Waals surface area contributed by atoms with E-state index in [0.29, 0.717) is 19.4 Å². The maximum Gasteiger partial charge on any atom is 0.352 e. The molecule has 3 N–H and O–H groups in total. The van der Waals surface area contributed by atoms with Crippen molar-refractivity contribution in [2.24, 2.45) is 7.05 Å². The van der Waals surface area contributed by atoms with Gasteiger partial charge in [0.15, 0.2) is 0 Å². The molecule has 1 atom stereocenters. The number of carbonyl (C=O) groups excluding carboxylic acids is 1. The summed E-state index contributed by atoms with van der Waals surface area (Å²) in [6, 6.07) is 0.244. The highest BCUT2D eigenvalue weighted by Crippen LogP contribution is 2.15. The standard InChI is InChI=1S/C11H15N3O5S/c1-14-6-7(5-9(14)11(16)17)20(18,19)13-8-3-2-4-12-10(8)15/h5-6,8,13H,2-4H2,1H3,(H,12,15)(H,16,17). The molecule has 0 radical (unpaired) electrons. The molecule has 2 heterocycles. The summed E-state index contributed by atoms with van der Waals surface area (Å²) in [4.78, 5) is 22.3. The molecule has 1 aliphatic rings. The molecule has 1 aromatic rings. The highest BCUT2D eigenvalue weighted by molar-refractivity contribution is 7.89. The van der Waals surface area contributed by atoms with Crippen LogP contribution in [-0.2, 0) is 21.9 Å². The van der Waals surface area contributed by atoms with Crippen molar-refractivity contribution in [3.63, 3.8) is 0 Å². The molecule has 0 aromatic carbocycles. The normalized spacial score (nSPS) is 19.6. The van der Waals surface area contributed by atoms with Gasteiger partial charge in [-0.05, 0) is 18.9 Å². The Morgan fingerprint density at radius 2 is 2.25 bits per heavy atom. The number of aromatic carboxylic acids is 1. The van der Waals surface area contributed by atoms with Crippen molar-refractivity contribution in [2.45, 2.75) is 23.8 Å². The van der Waals surface area contributed by atoms with Gasteiger partial charge in [0.05, 0.1) is 0 Å². The minimum absolute atomic E-state index is 0.140. The number of sulfonamides is 1. The van der Waals surface area contributed by atoms with Gasteiger partial charge in [-0.15, -0.1) is 0 Å². The van der Waals surface area contributed by atoms with Crippen LogP contribution in [0.1, 0.15) is 23.3 Å². The molecule has 1 amide bonds. The van der Waals surface area contributed by atoms with Crippen LogP contribution < -0.4 is 10.0 Å². The minimum Gasteiger partial charge on any atom is -0.477 e. The molecule has 1 fully saturated rings. The van der Waals surface area contributed by atoms with Crippen molar-refractivity contribution in [3.05, 3.63) is 18.0 Å². The number of hydrogen-bond acceptors (Lipinski definition) is 4. The molecule has 1 saturated heterocycles. The van der Waals surface area contributed by atoms with Crippen LogP contribution in [0.2, 0.25) is 0 Å². The number of nitrogens with one attached hydrogen (secondary N) is 2. The first-order chi connectivity index (χ1) is 9.31. The van der Waals surface area contributed by atoms with E-state index in [1.54, 1.807) is 0 Å². The number of piperidine rings is 1. The summed E-state index contributed by atoms with van der Waals surface area (Å²) in [6.45, 7) is 0.533. The third-order valence-electron chi connectivity index (χ3n) is 3.09. The minimum atomic E-state index is -3.92. The molecule has 0 saturated carbocycles. The van der Waals surface area contributed by atoms with Gasteiger partial charge in [-0.3, -0.25) is 4.79 Å².